The van der Waals surface area contributed by atoms with E-state index < -0.39 is 53.8 Å². The van der Waals surface area contributed by atoms with Crippen molar-refractivity contribution in [2.75, 3.05) is 56.0 Å². The molecule has 2 bridgehead atoms. The van der Waals surface area contributed by atoms with E-state index in [4.69, 9.17) is 14.2 Å². The Morgan fingerprint density at radius 3 is 2.44 bits per heavy atom. The Morgan fingerprint density at radius 1 is 1.04 bits per heavy atom. The largest absolute Gasteiger partial charge is 0.481 e. The number of alkyl halides is 5. The number of ether oxygens (including phenoxy) is 3. The van der Waals surface area contributed by atoms with Crippen LogP contribution in [0.15, 0.2) is 36.8 Å². The molecule has 2 aromatic heterocycles. The van der Waals surface area contributed by atoms with Gasteiger partial charge in [0.25, 0.3) is 18.2 Å². The molecule has 3 N–H and O–H groups in total. The second-order valence-corrected chi connectivity index (χ2v) is 11.7. The normalized spacial score (nSPS) is 21.9. The van der Waals surface area contributed by atoms with E-state index in [2.05, 4.69) is 35.8 Å². The number of rotatable bonds is 11. The zero-order chi connectivity index (χ0) is 34.3. The van der Waals surface area contributed by atoms with E-state index >= 15 is 0 Å². The third kappa shape index (κ3) is 6.53. The molecule has 0 unspecified atom stereocenters. The fourth-order valence-corrected chi connectivity index (χ4v) is 6.45. The number of methoxy groups -OCH3 is 1. The van der Waals surface area contributed by atoms with Crippen LogP contribution >= 0.6 is 0 Å². The summed E-state index contributed by atoms with van der Waals surface area (Å²) >= 11 is 0. The van der Waals surface area contributed by atoms with Crippen LogP contribution in [0.25, 0.3) is 0 Å². The van der Waals surface area contributed by atoms with Gasteiger partial charge in [-0.1, -0.05) is 0 Å². The van der Waals surface area contributed by atoms with Gasteiger partial charge in [0.15, 0.2) is 6.61 Å². The van der Waals surface area contributed by atoms with Crippen LogP contribution in [0.1, 0.15) is 45.5 Å². The summed E-state index contributed by atoms with van der Waals surface area (Å²) in [5.41, 5.74) is -3.24. The van der Waals surface area contributed by atoms with Crippen LogP contribution in [0.4, 0.5) is 43.5 Å². The summed E-state index contributed by atoms with van der Waals surface area (Å²) in [6.45, 7) is 1.82. The predicted molar refractivity (Wildman–Crippen MR) is 157 cm³/mol. The minimum Gasteiger partial charge on any atom is -0.481 e. The van der Waals surface area contributed by atoms with Crippen LogP contribution in [0.3, 0.4) is 0 Å². The lowest BCUT2D eigenvalue weighted by atomic mass is 9.43. The van der Waals surface area contributed by atoms with Crippen LogP contribution in [0, 0.1) is 5.82 Å². The Kier molecular flexibility index (Phi) is 8.80. The highest BCUT2D eigenvalue weighted by atomic mass is 19.4. The molecular formula is C30H29F6N7O5. The molecule has 12 nitrogen and oxygen atoms in total. The first-order valence-corrected chi connectivity index (χ1v) is 14.7. The van der Waals surface area contributed by atoms with E-state index in [1.54, 1.807) is 0 Å². The third-order valence-corrected chi connectivity index (χ3v) is 8.56. The van der Waals surface area contributed by atoms with Gasteiger partial charge in [0, 0.05) is 35.9 Å². The summed E-state index contributed by atoms with van der Waals surface area (Å²) in [6, 6.07) is 3.01. The van der Waals surface area contributed by atoms with Gasteiger partial charge < -0.3 is 30.2 Å². The summed E-state index contributed by atoms with van der Waals surface area (Å²) in [6.07, 6.45) is -3.53. The van der Waals surface area contributed by atoms with Crippen molar-refractivity contribution in [3.05, 3.63) is 59.3 Å². The number of pyridine rings is 1. The minimum atomic E-state index is -5.03. The molecule has 3 aliphatic carbocycles. The summed E-state index contributed by atoms with van der Waals surface area (Å²) in [5.74, 6) is -4.02. The number of morpholine rings is 1. The van der Waals surface area contributed by atoms with Crippen LogP contribution in [0.5, 0.6) is 11.8 Å². The maximum atomic E-state index is 13.8. The molecule has 256 valence electrons. The summed E-state index contributed by atoms with van der Waals surface area (Å²) in [5, 5.41) is 8.01. The number of benzene rings is 1. The molecular weight excluding hydrogens is 652 g/mol. The zero-order valence-electron chi connectivity index (χ0n) is 25.3. The predicted octanol–water partition coefficient (Wildman–Crippen LogP) is 4.61. The Labute approximate surface area is 269 Å². The summed E-state index contributed by atoms with van der Waals surface area (Å²) in [7, 11) is 1.25. The molecule has 0 radical (unpaired) electrons. The monoisotopic (exact) mass is 681 g/mol. The van der Waals surface area contributed by atoms with Crippen LogP contribution in [-0.4, -0.2) is 89.2 Å². The number of hydrogen-bond acceptors (Lipinski definition) is 10. The van der Waals surface area contributed by atoms with Gasteiger partial charge in [-0.2, -0.15) is 13.2 Å². The van der Waals surface area contributed by atoms with E-state index in [0.29, 0.717) is 25.3 Å². The van der Waals surface area contributed by atoms with Crippen LogP contribution in [0.2, 0.25) is 0 Å². The van der Waals surface area contributed by atoms with E-state index in [0.717, 1.165) is 57.0 Å². The number of nitrogens with zero attached hydrogens (tertiary/aromatic N) is 4. The minimum absolute atomic E-state index is 0.00362. The molecule has 0 spiro atoms. The maximum absolute atomic E-state index is 13.8. The second kappa shape index (κ2) is 12.7. The summed E-state index contributed by atoms with van der Waals surface area (Å²) in [4.78, 5) is 41.6. The van der Waals surface area contributed by atoms with Crippen molar-refractivity contribution in [2.45, 2.75) is 42.9 Å². The maximum Gasteiger partial charge on any atom is 0.419 e. The average Bonchev–Trinajstić information content (AvgIpc) is 3.01. The van der Waals surface area contributed by atoms with Gasteiger partial charge in [-0.05, 0) is 37.5 Å². The highest BCUT2D eigenvalue weighted by molar-refractivity contribution is 6.14. The lowest BCUT2D eigenvalue weighted by molar-refractivity contribution is -0.172. The lowest BCUT2D eigenvalue weighted by Crippen LogP contribution is -2.82. The molecule has 2 amide bonds. The van der Waals surface area contributed by atoms with Crippen molar-refractivity contribution in [1.82, 2.24) is 19.9 Å². The molecule has 48 heavy (non-hydrogen) atoms. The number of aromatic nitrogens is 3. The molecule has 3 aromatic rings. The Morgan fingerprint density at radius 2 is 1.77 bits per heavy atom. The van der Waals surface area contributed by atoms with E-state index in [9.17, 15) is 35.9 Å². The van der Waals surface area contributed by atoms with Crippen molar-refractivity contribution in [3.8, 4) is 11.8 Å². The molecule has 1 saturated heterocycles. The second-order valence-electron chi connectivity index (χ2n) is 11.7. The smallest absolute Gasteiger partial charge is 0.419 e. The highest BCUT2D eigenvalue weighted by Crippen LogP contribution is 2.65. The number of nitrogens with one attached hydrogen (secondary N) is 3. The van der Waals surface area contributed by atoms with Gasteiger partial charge in [0.2, 0.25) is 11.8 Å². The fourth-order valence-electron chi connectivity index (χ4n) is 6.45. The van der Waals surface area contributed by atoms with Gasteiger partial charge in [-0.3, -0.25) is 14.5 Å². The summed E-state index contributed by atoms with van der Waals surface area (Å²) < 4.78 is 95.5. The SMILES string of the molecule is COc1cc(C(=O)Nc2ccc(F)c(C(F)(F)F)c2)c(NC(=O)c2c(NC34CC(N5CCOCC5)(C3)C4)ncnc2OCC(F)F)cn1. The molecule has 0 atom stereocenters. The molecule has 4 aliphatic rings. The van der Waals surface area contributed by atoms with Crippen molar-refractivity contribution >= 4 is 29.0 Å². The van der Waals surface area contributed by atoms with Crippen LogP contribution in [-0.2, 0) is 10.9 Å². The highest BCUT2D eigenvalue weighted by Gasteiger charge is 2.70. The molecule has 18 heteroatoms. The topological polar surface area (TPSA) is 140 Å². The number of hydrogen-bond donors (Lipinski definition) is 3. The zero-order valence-corrected chi connectivity index (χ0v) is 25.3. The molecule has 3 saturated carbocycles. The molecule has 1 aromatic carbocycles. The van der Waals surface area contributed by atoms with Gasteiger partial charge >= 0.3 is 6.18 Å². The first-order chi connectivity index (χ1) is 22.8. The Hall–Kier alpha value is -4.71. The van der Waals surface area contributed by atoms with Crippen molar-refractivity contribution in [2.24, 2.45) is 0 Å². The third-order valence-electron chi connectivity index (χ3n) is 8.56. The van der Waals surface area contributed by atoms with Crippen LogP contribution < -0.4 is 25.4 Å². The van der Waals surface area contributed by atoms with Crippen molar-refractivity contribution in [3.63, 3.8) is 0 Å². The number of anilines is 3. The quantitative estimate of drug-likeness (QED) is 0.246. The van der Waals surface area contributed by atoms with Gasteiger partial charge in [0.1, 0.15) is 23.5 Å². The lowest BCUT2D eigenvalue weighted by Gasteiger charge is -2.74. The molecule has 3 heterocycles. The van der Waals surface area contributed by atoms with Crippen molar-refractivity contribution < 1.29 is 50.1 Å². The number of carbonyl (C=O) groups excluding carboxylic acids is 2. The van der Waals surface area contributed by atoms with Gasteiger partial charge in [-0.15, -0.1) is 0 Å². The standard InChI is InChI=1S/C30H29F6N7O5/c1-46-22-9-17(25(44)40-16-2-3-19(31)18(8-16)30(34,35)36)20(10-37-22)41-26(45)23-24(38-15-39-27(23)48-11-21(32)33)42-28-12-29(13-28,14-28)43-4-6-47-7-5-43/h2-3,8-10,15,21H,4-7,11-14H2,1H3,(H,40,44)(H,41,45)(H,38,39,42). The van der Waals surface area contributed by atoms with Gasteiger partial charge in [-0.25, -0.2) is 28.1 Å². The first kappa shape index (κ1) is 33.2. The average molecular weight is 682 g/mol. The number of amides is 2. The molecule has 4 fully saturated rings. The number of carbonyl (C=O) groups is 2. The van der Waals surface area contributed by atoms with E-state index in [1.165, 1.54) is 7.11 Å². The first-order valence-electron chi connectivity index (χ1n) is 14.7. The Balaban J connectivity index is 1.26. The number of halogens is 6. The van der Waals surface area contributed by atoms with E-state index in [-0.39, 0.29) is 39.7 Å². The van der Waals surface area contributed by atoms with Gasteiger partial charge in [0.05, 0.1) is 43.3 Å². The molecule has 7 rings (SSSR count). The molecule has 1 aliphatic heterocycles. The van der Waals surface area contributed by atoms with Crippen molar-refractivity contribution in [1.29, 1.82) is 0 Å². The Bertz CT molecular complexity index is 1700. The fraction of sp³-hybridized carbons (Fsp3) is 0.433. The van der Waals surface area contributed by atoms with E-state index in [1.807, 2.05) is 0 Å².